The minimum atomic E-state index is 0.321. The van der Waals surface area contributed by atoms with Gasteiger partial charge in [-0.05, 0) is 39.8 Å². The van der Waals surface area contributed by atoms with E-state index in [0.717, 1.165) is 9.50 Å². The number of methoxy groups -OCH3 is 1. The number of nitrogen functional groups attached to an aromatic ring is 1. The van der Waals surface area contributed by atoms with Crippen LogP contribution in [0.4, 0.5) is 5.82 Å². The van der Waals surface area contributed by atoms with E-state index in [2.05, 4.69) is 30.9 Å². The molecule has 0 fully saturated rings. The first kappa shape index (κ1) is 12.1. The van der Waals surface area contributed by atoms with E-state index in [1.165, 1.54) is 25.2 Å². The highest BCUT2D eigenvalue weighted by Gasteiger charge is 2.11. The monoisotopic (exact) mass is 312 g/mol. The number of aromatic nitrogens is 3. The van der Waals surface area contributed by atoms with Crippen molar-refractivity contribution in [3.05, 3.63) is 29.1 Å². The second-order valence-electron chi connectivity index (χ2n) is 3.01. The molecule has 0 aromatic carbocycles. The van der Waals surface area contributed by atoms with Crippen molar-refractivity contribution in [2.45, 2.75) is 10.1 Å². The van der Waals surface area contributed by atoms with Crippen LogP contribution in [-0.2, 0) is 0 Å². The van der Waals surface area contributed by atoms with Gasteiger partial charge in [-0.25, -0.2) is 15.0 Å². The van der Waals surface area contributed by atoms with Crippen LogP contribution in [0.3, 0.4) is 0 Å². The molecule has 0 aliphatic rings. The molecule has 0 amide bonds. The molecule has 0 aliphatic carbocycles. The van der Waals surface area contributed by atoms with Crippen LogP contribution >= 0.6 is 27.7 Å². The van der Waals surface area contributed by atoms with Crippen molar-refractivity contribution >= 4 is 33.5 Å². The number of rotatable bonds is 3. The number of pyridine rings is 1. The molecule has 0 saturated carbocycles. The predicted molar refractivity (Wildman–Crippen MR) is 69.1 cm³/mol. The Hall–Kier alpha value is -1.34. The summed E-state index contributed by atoms with van der Waals surface area (Å²) in [6.07, 6.45) is 3.12. The average Bonchev–Trinajstić information content (AvgIpc) is 2.32. The number of halogens is 1. The van der Waals surface area contributed by atoms with Crippen molar-refractivity contribution in [1.82, 2.24) is 15.0 Å². The molecule has 88 valence electrons. The van der Waals surface area contributed by atoms with Crippen LogP contribution in [0, 0.1) is 0 Å². The normalized spacial score (nSPS) is 10.2. The molecule has 2 rings (SSSR count). The summed E-state index contributed by atoms with van der Waals surface area (Å²) in [6.45, 7) is 0. The molecule has 0 aliphatic heterocycles. The maximum atomic E-state index is 5.69. The van der Waals surface area contributed by atoms with E-state index in [4.69, 9.17) is 10.5 Å². The predicted octanol–water partition coefficient (Wildman–Crippen LogP) is 2.38. The fourth-order valence-electron chi connectivity index (χ4n) is 1.16. The van der Waals surface area contributed by atoms with Crippen molar-refractivity contribution in [2.75, 3.05) is 12.8 Å². The third-order valence-corrected chi connectivity index (χ3v) is 3.31. The zero-order valence-corrected chi connectivity index (χ0v) is 11.3. The highest BCUT2D eigenvalue weighted by Crippen LogP contribution is 2.34. The lowest BCUT2D eigenvalue weighted by Gasteiger charge is -2.07. The SMILES string of the molecule is COc1c(N)ncnc1Sc1ccc(Br)cn1. The summed E-state index contributed by atoms with van der Waals surface area (Å²) >= 11 is 4.70. The molecule has 2 aromatic rings. The van der Waals surface area contributed by atoms with Crippen molar-refractivity contribution in [2.24, 2.45) is 0 Å². The number of nitrogens with zero attached hydrogens (tertiary/aromatic N) is 3. The molecule has 7 heteroatoms. The van der Waals surface area contributed by atoms with Gasteiger partial charge < -0.3 is 10.5 Å². The van der Waals surface area contributed by atoms with Gasteiger partial charge in [-0.15, -0.1) is 0 Å². The van der Waals surface area contributed by atoms with Crippen molar-refractivity contribution in [1.29, 1.82) is 0 Å². The molecule has 0 saturated heterocycles. The minimum absolute atomic E-state index is 0.321. The molecular weight excluding hydrogens is 304 g/mol. The Morgan fingerprint density at radius 3 is 2.76 bits per heavy atom. The maximum absolute atomic E-state index is 5.69. The summed E-state index contributed by atoms with van der Waals surface area (Å²) in [6, 6.07) is 3.79. The zero-order valence-electron chi connectivity index (χ0n) is 8.92. The van der Waals surface area contributed by atoms with E-state index in [1.54, 1.807) is 6.20 Å². The Bertz CT molecular complexity index is 520. The van der Waals surface area contributed by atoms with Crippen LogP contribution in [-0.4, -0.2) is 22.1 Å². The van der Waals surface area contributed by atoms with Crippen LogP contribution in [0.15, 0.2) is 39.2 Å². The zero-order chi connectivity index (χ0) is 12.3. The molecule has 0 radical (unpaired) electrons. The number of nitrogens with two attached hydrogens (primary N) is 1. The van der Waals surface area contributed by atoms with Gasteiger partial charge in [0.25, 0.3) is 0 Å². The summed E-state index contributed by atoms with van der Waals surface area (Å²) in [5, 5.41) is 1.46. The summed E-state index contributed by atoms with van der Waals surface area (Å²) in [5.41, 5.74) is 5.69. The van der Waals surface area contributed by atoms with E-state index >= 15 is 0 Å². The molecule has 0 unspecified atom stereocenters. The lowest BCUT2D eigenvalue weighted by atomic mass is 10.5. The summed E-state index contributed by atoms with van der Waals surface area (Å²) in [7, 11) is 1.54. The van der Waals surface area contributed by atoms with Gasteiger partial charge in [-0.1, -0.05) is 0 Å². The van der Waals surface area contributed by atoms with Gasteiger partial charge in [-0.2, -0.15) is 0 Å². The Balaban J connectivity index is 2.29. The maximum Gasteiger partial charge on any atom is 0.193 e. The second kappa shape index (κ2) is 5.33. The van der Waals surface area contributed by atoms with Crippen LogP contribution < -0.4 is 10.5 Å². The van der Waals surface area contributed by atoms with Gasteiger partial charge >= 0.3 is 0 Å². The first-order valence-electron chi connectivity index (χ1n) is 4.64. The van der Waals surface area contributed by atoms with Gasteiger partial charge in [0.1, 0.15) is 16.4 Å². The van der Waals surface area contributed by atoms with E-state index in [9.17, 15) is 0 Å². The van der Waals surface area contributed by atoms with E-state index < -0.39 is 0 Å². The molecule has 2 heterocycles. The van der Waals surface area contributed by atoms with Crippen molar-refractivity contribution in [3.63, 3.8) is 0 Å². The lowest BCUT2D eigenvalue weighted by molar-refractivity contribution is 0.401. The number of hydrogen-bond acceptors (Lipinski definition) is 6. The Kier molecular flexibility index (Phi) is 3.80. The average molecular weight is 313 g/mol. The van der Waals surface area contributed by atoms with E-state index in [0.29, 0.717) is 16.6 Å². The van der Waals surface area contributed by atoms with Crippen LogP contribution in [0.1, 0.15) is 0 Å². The van der Waals surface area contributed by atoms with Gasteiger partial charge in [0.2, 0.25) is 0 Å². The van der Waals surface area contributed by atoms with E-state index in [1.807, 2.05) is 12.1 Å². The molecule has 0 bridgehead atoms. The number of hydrogen-bond donors (Lipinski definition) is 1. The fourth-order valence-corrected chi connectivity index (χ4v) is 2.21. The molecule has 17 heavy (non-hydrogen) atoms. The third-order valence-electron chi connectivity index (χ3n) is 1.90. The molecule has 2 N–H and O–H groups in total. The quantitative estimate of drug-likeness (QED) is 0.877. The van der Waals surface area contributed by atoms with Gasteiger partial charge in [0.05, 0.1) is 7.11 Å². The fraction of sp³-hybridized carbons (Fsp3) is 0.100. The first-order chi connectivity index (χ1) is 8.20. The van der Waals surface area contributed by atoms with Gasteiger partial charge in [-0.3, -0.25) is 0 Å². The Morgan fingerprint density at radius 2 is 2.12 bits per heavy atom. The second-order valence-corrected chi connectivity index (χ2v) is 4.94. The highest BCUT2D eigenvalue weighted by molar-refractivity contribution is 9.10. The van der Waals surface area contributed by atoms with Crippen LogP contribution in [0.25, 0.3) is 0 Å². The van der Waals surface area contributed by atoms with Gasteiger partial charge in [0, 0.05) is 10.7 Å². The topological polar surface area (TPSA) is 73.9 Å². The number of anilines is 1. The summed E-state index contributed by atoms with van der Waals surface area (Å²) < 4.78 is 6.09. The van der Waals surface area contributed by atoms with Gasteiger partial charge in [0.15, 0.2) is 11.6 Å². The molecule has 5 nitrogen and oxygen atoms in total. The Morgan fingerprint density at radius 1 is 1.29 bits per heavy atom. The third kappa shape index (κ3) is 2.86. The summed E-state index contributed by atoms with van der Waals surface area (Å²) in [5.74, 6) is 0.796. The minimum Gasteiger partial charge on any atom is -0.490 e. The Labute approximate surface area is 111 Å². The molecule has 0 atom stereocenters. The van der Waals surface area contributed by atoms with Crippen LogP contribution in [0.2, 0.25) is 0 Å². The van der Waals surface area contributed by atoms with Crippen LogP contribution in [0.5, 0.6) is 5.75 Å². The summed E-state index contributed by atoms with van der Waals surface area (Å²) in [4.78, 5) is 12.2. The first-order valence-corrected chi connectivity index (χ1v) is 6.25. The lowest BCUT2D eigenvalue weighted by Crippen LogP contribution is -1.99. The number of ether oxygens (including phenoxy) is 1. The smallest absolute Gasteiger partial charge is 0.193 e. The highest BCUT2D eigenvalue weighted by atomic mass is 79.9. The molecule has 2 aromatic heterocycles. The standard InChI is InChI=1S/C10H9BrN4OS/c1-16-8-9(12)14-5-15-10(8)17-7-3-2-6(11)4-13-7/h2-5H,1H3,(H2,12,14,15). The molecular formula is C10H9BrN4OS. The largest absolute Gasteiger partial charge is 0.490 e. The van der Waals surface area contributed by atoms with Crippen molar-refractivity contribution in [3.8, 4) is 5.75 Å². The molecule has 0 spiro atoms. The van der Waals surface area contributed by atoms with E-state index in [-0.39, 0.29) is 0 Å². The van der Waals surface area contributed by atoms with Crippen molar-refractivity contribution < 1.29 is 4.74 Å².